The highest BCUT2D eigenvalue weighted by Crippen LogP contribution is 2.22. The van der Waals surface area contributed by atoms with E-state index in [0.717, 1.165) is 24.3 Å². The quantitative estimate of drug-likeness (QED) is 0.556. The van der Waals surface area contributed by atoms with Crippen LogP contribution in [0.1, 0.15) is 12.0 Å². The molecule has 9 heteroatoms. The average Bonchev–Trinajstić information content (AvgIpc) is 2.62. The van der Waals surface area contributed by atoms with Crippen molar-refractivity contribution >= 4 is 39.0 Å². The number of halogens is 2. The molecule has 0 radical (unpaired) electrons. The van der Waals surface area contributed by atoms with Crippen molar-refractivity contribution in [3.8, 4) is 0 Å². The summed E-state index contributed by atoms with van der Waals surface area (Å²) in [4.78, 5) is 23.5. The number of amides is 1. The fourth-order valence-electron chi connectivity index (χ4n) is 2.12. The second-order valence-corrected chi connectivity index (χ2v) is 8.16. The van der Waals surface area contributed by atoms with Gasteiger partial charge >= 0.3 is 5.97 Å². The number of nitrogens with one attached hydrogen (secondary N) is 1. The Morgan fingerprint density at radius 3 is 2.48 bits per heavy atom. The van der Waals surface area contributed by atoms with Gasteiger partial charge in [0.25, 0.3) is 5.91 Å². The lowest BCUT2D eigenvalue weighted by atomic mass is 10.2. The molecule has 0 saturated carbocycles. The number of esters is 1. The molecule has 27 heavy (non-hydrogen) atoms. The first kappa shape index (κ1) is 20.9. The maximum Gasteiger partial charge on any atom is 0.307 e. The summed E-state index contributed by atoms with van der Waals surface area (Å²) in [5.74, 6) is -2.48. The van der Waals surface area contributed by atoms with Gasteiger partial charge in [-0.25, -0.2) is 12.8 Å². The number of benzene rings is 2. The number of hydrogen-bond donors (Lipinski definition) is 1. The monoisotopic (exact) mass is 413 g/mol. The molecule has 0 unspecified atom stereocenters. The first-order valence-corrected chi connectivity index (χ1v) is 9.91. The van der Waals surface area contributed by atoms with Gasteiger partial charge in [0.2, 0.25) is 0 Å². The largest absolute Gasteiger partial charge is 0.456 e. The van der Waals surface area contributed by atoms with Gasteiger partial charge < -0.3 is 10.1 Å². The minimum absolute atomic E-state index is 0.0918. The molecular weight excluding hydrogens is 397 g/mol. The Kier molecular flexibility index (Phi) is 6.92. The number of ether oxygens (including phenoxy) is 1. The minimum Gasteiger partial charge on any atom is -0.456 e. The van der Waals surface area contributed by atoms with E-state index in [9.17, 15) is 22.4 Å². The zero-order chi connectivity index (χ0) is 20.0. The molecule has 2 aromatic rings. The Balaban J connectivity index is 1.82. The molecule has 0 aliphatic carbocycles. The summed E-state index contributed by atoms with van der Waals surface area (Å²) in [7, 11) is -3.75. The average molecular weight is 414 g/mol. The molecule has 0 heterocycles. The lowest BCUT2D eigenvalue weighted by molar-refractivity contribution is -0.146. The van der Waals surface area contributed by atoms with E-state index < -0.39 is 46.3 Å². The van der Waals surface area contributed by atoms with E-state index in [2.05, 4.69) is 5.32 Å². The maximum absolute atomic E-state index is 12.9. The summed E-state index contributed by atoms with van der Waals surface area (Å²) >= 11 is 5.95. The van der Waals surface area contributed by atoms with E-state index >= 15 is 0 Å². The zero-order valence-electron chi connectivity index (χ0n) is 14.4. The van der Waals surface area contributed by atoms with Crippen LogP contribution in [0.4, 0.5) is 10.1 Å². The third-order valence-electron chi connectivity index (χ3n) is 3.65. The SMILES string of the molecule is Cc1c(Cl)cccc1NC(=O)COC(=O)CCS(=O)(=O)c1ccc(F)cc1. The highest BCUT2D eigenvalue weighted by Gasteiger charge is 2.18. The van der Waals surface area contributed by atoms with Crippen LogP contribution in [-0.4, -0.2) is 32.7 Å². The Morgan fingerprint density at radius 2 is 1.81 bits per heavy atom. The molecule has 0 spiro atoms. The lowest BCUT2D eigenvalue weighted by Crippen LogP contribution is -2.22. The smallest absolute Gasteiger partial charge is 0.307 e. The molecule has 1 amide bonds. The van der Waals surface area contributed by atoms with Crippen molar-refractivity contribution in [3.05, 3.63) is 58.9 Å². The standard InChI is InChI=1S/C18H17ClFNO5S/c1-12-15(19)3-2-4-16(12)21-17(22)11-26-18(23)9-10-27(24,25)14-7-5-13(20)6-8-14/h2-8H,9-11H2,1H3,(H,21,22). The number of carbonyl (C=O) groups excluding carboxylic acids is 2. The van der Waals surface area contributed by atoms with Gasteiger partial charge in [-0.15, -0.1) is 0 Å². The number of rotatable bonds is 7. The molecule has 0 aliphatic heterocycles. The molecule has 144 valence electrons. The predicted octanol–water partition coefficient (Wildman–Crippen LogP) is 3.13. The predicted molar refractivity (Wildman–Crippen MR) is 98.8 cm³/mol. The first-order chi connectivity index (χ1) is 12.7. The third kappa shape index (κ3) is 6.04. The van der Waals surface area contributed by atoms with Crippen LogP contribution in [0.2, 0.25) is 5.02 Å². The number of hydrogen-bond acceptors (Lipinski definition) is 5. The molecule has 1 N–H and O–H groups in total. The summed E-state index contributed by atoms with van der Waals surface area (Å²) in [5.41, 5.74) is 1.16. The second-order valence-electron chi connectivity index (χ2n) is 5.64. The Bertz CT molecular complexity index is 945. The Morgan fingerprint density at radius 1 is 1.15 bits per heavy atom. The topological polar surface area (TPSA) is 89.5 Å². The molecule has 0 saturated heterocycles. The fourth-order valence-corrected chi connectivity index (χ4v) is 3.52. The van der Waals surface area contributed by atoms with Gasteiger partial charge in [0.15, 0.2) is 16.4 Å². The molecule has 2 rings (SSSR count). The molecule has 0 fully saturated rings. The van der Waals surface area contributed by atoms with Gasteiger partial charge in [0.1, 0.15) is 5.82 Å². The minimum atomic E-state index is -3.75. The lowest BCUT2D eigenvalue weighted by Gasteiger charge is -2.10. The summed E-state index contributed by atoms with van der Waals surface area (Å²) in [6.45, 7) is 1.17. The summed E-state index contributed by atoms with van der Waals surface area (Å²) < 4.78 is 41.8. The van der Waals surface area contributed by atoms with Crippen molar-refractivity contribution in [2.24, 2.45) is 0 Å². The molecule has 0 aromatic heterocycles. The van der Waals surface area contributed by atoms with E-state index in [1.165, 1.54) is 0 Å². The molecule has 0 bridgehead atoms. The summed E-state index contributed by atoms with van der Waals surface area (Å²) in [6, 6.07) is 9.27. The maximum atomic E-state index is 12.9. The van der Waals surface area contributed by atoms with E-state index in [0.29, 0.717) is 16.3 Å². The van der Waals surface area contributed by atoms with Gasteiger partial charge in [0, 0.05) is 10.7 Å². The van der Waals surface area contributed by atoms with Crippen molar-refractivity contribution in [1.29, 1.82) is 0 Å². The highest BCUT2D eigenvalue weighted by atomic mass is 35.5. The number of carbonyl (C=O) groups is 2. The zero-order valence-corrected chi connectivity index (χ0v) is 15.9. The van der Waals surface area contributed by atoms with E-state index in [4.69, 9.17) is 16.3 Å². The van der Waals surface area contributed by atoms with Crippen molar-refractivity contribution in [2.45, 2.75) is 18.2 Å². The van der Waals surface area contributed by atoms with Crippen molar-refractivity contribution in [3.63, 3.8) is 0 Å². The van der Waals surface area contributed by atoms with Crippen molar-refractivity contribution in [2.75, 3.05) is 17.7 Å². The highest BCUT2D eigenvalue weighted by molar-refractivity contribution is 7.91. The van der Waals surface area contributed by atoms with Gasteiger partial charge in [0.05, 0.1) is 17.1 Å². The van der Waals surface area contributed by atoms with E-state index in [1.807, 2.05) is 0 Å². The van der Waals surface area contributed by atoms with E-state index in [-0.39, 0.29) is 4.90 Å². The summed E-state index contributed by atoms with van der Waals surface area (Å²) in [5, 5.41) is 3.04. The van der Waals surface area contributed by atoms with Crippen LogP contribution in [0.15, 0.2) is 47.4 Å². The number of anilines is 1. The second kappa shape index (κ2) is 8.96. The molecule has 6 nitrogen and oxygen atoms in total. The Labute approximate surface area is 161 Å². The van der Waals surface area contributed by atoms with Crippen LogP contribution in [0.3, 0.4) is 0 Å². The van der Waals surface area contributed by atoms with Gasteiger partial charge in [-0.2, -0.15) is 0 Å². The van der Waals surface area contributed by atoms with Gasteiger partial charge in [-0.05, 0) is 48.9 Å². The Hall–Kier alpha value is -2.45. The molecule has 0 aliphatic rings. The van der Waals surface area contributed by atoms with Crippen LogP contribution in [-0.2, 0) is 24.2 Å². The van der Waals surface area contributed by atoms with Crippen LogP contribution in [0.25, 0.3) is 0 Å². The molecular formula is C18H17ClFNO5S. The fraction of sp³-hybridized carbons (Fsp3) is 0.222. The van der Waals surface area contributed by atoms with Crippen LogP contribution in [0.5, 0.6) is 0 Å². The van der Waals surface area contributed by atoms with E-state index in [1.54, 1.807) is 25.1 Å². The summed E-state index contributed by atoms with van der Waals surface area (Å²) in [6.07, 6.45) is -0.427. The number of sulfone groups is 1. The molecule has 2 aromatic carbocycles. The normalized spacial score (nSPS) is 11.1. The van der Waals surface area contributed by atoms with Crippen LogP contribution >= 0.6 is 11.6 Å². The third-order valence-corrected chi connectivity index (χ3v) is 5.80. The van der Waals surface area contributed by atoms with Crippen molar-refractivity contribution in [1.82, 2.24) is 0 Å². The van der Waals surface area contributed by atoms with Crippen LogP contribution in [0, 0.1) is 12.7 Å². The van der Waals surface area contributed by atoms with Gasteiger partial charge in [-0.3, -0.25) is 9.59 Å². The molecule has 0 atom stereocenters. The van der Waals surface area contributed by atoms with Crippen LogP contribution < -0.4 is 5.32 Å². The van der Waals surface area contributed by atoms with Crippen molar-refractivity contribution < 1.29 is 27.1 Å². The first-order valence-electron chi connectivity index (χ1n) is 7.88. The van der Waals surface area contributed by atoms with Gasteiger partial charge in [-0.1, -0.05) is 17.7 Å².